The van der Waals surface area contributed by atoms with E-state index in [0.29, 0.717) is 18.9 Å². The van der Waals surface area contributed by atoms with Gasteiger partial charge in [-0.25, -0.2) is 4.39 Å². The summed E-state index contributed by atoms with van der Waals surface area (Å²) in [6, 6.07) is 4.64. The van der Waals surface area contributed by atoms with Crippen LogP contribution in [0.25, 0.3) is 0 Å². The van der Waals surface area contributed by atoms with Crippen molar-refractivity contribution in [2.45, 2.75) is 19.8 Å². The van der Waals surface area contributed by atoms with E-state index in [1.165, 1.54) is 12.1 Å². The summed E-state index contributed by atoms with van der Waals surface area (Å²) in [4.78, 5) is 0. The molecule has 0 spiro atoms. The fraction of sp³-hybridized carbons (Fsp3) is 0.455. The lowest BCUT2D eigenvalue weighted by Crippen LogP contribution is -2.07. The molecule has 3 heteroatoms. The Balaban J connectivity index is 2.67. The van der Waals surface area contributed by atoms with Gasteiger partial charge in [-0.05, 0) is 31.0 Å². The van der Waals surface area contributed by atoms with Crippen LogP contribution >= 0.6 is 0 Å². The zero-order valence-electron chi connectivity index (χ0n) is 8.42. The quantitative estimate of drug-likeness (QED) is 0.734. The van der Waals surface area contributed by atoms with Crippen LogP contribution in [0, 0.1) is 5.82 Å². The van der Waals surface area contributed by atoms with Crippen LogP contribution in [0.4, 0.5) is 4.39 Å². The van der Waals surface area contributed by atoms with E-state index in [1.54, 1.807) is 6.07 Å². The van der Waals surface area contributed by atoms with E-state index in [4.69, 9.17) is 10.5 Å². The molecule has 0 fully saturated rings. The predicted molar refractivity (Wildman–Crippen MR) is 54.9 cm³/mol. The van der Waals surface area contributed by atoms with Crippen molar-refractivity contribution < 1.29 is 9.13 Å². The molecule has 78 valence electrons. The standard InChI is InChI=1S/C11H16FNO/c1-2-9-4-5-10(12)8-11(9)14-7-3-6-13/h4-5,8H,2-3,6-7,13H2,1H3. The number of rotatable bonds is 5. The van der Waals surface area contributed by atoms with Crippen molar-refractivity contribution in [2.75, 3.05) is 13.2 Å². The third-order valence-corrected chi connectivity index (χ3v) is 2.02. The van der Waals surface area contributed by atoms with Gasteiger partial charge in [0.15, 0.2) is 0 Å². The van der Waals surface area contributed by atoms with Crippen molar-refractivity contribution >= 4 is 0 Å². The van der Waals surface area contributed by atoms with Gasteiger partial charge < -0.3 is 10.5 Å². The number of aryl methyl sites for hydroxylation is 1. The van der Waals surface area contributed by atoms with Crippen LogP contribution in [0.2, 0.25) is 0 Å². The van der Waals surface area contributed by atoms with E-state index in [1.807, 2.05) is 6.92 Å². The monoisotopic (exact) mass is 197 g/mol. The second-order valence-electron chi connectivity index (χ2n) is 3.10. The molecule has 0 aromatic heterocycles. The third kappa shape index (κ3) is 3.00. The van der Waals surface area contributed by atoms with Crippen molar-refractivity contribution in [2.24, 2.45) is 5.73 Å². The molecule has 0 saturated carbocycles. The average molecular weight is 197 g/mol. The Bertz CT molecular complexity index is 289. The third-order valence-electron chi connectivity index (χ3n) is 2.02. The zero-order chi connectivity index (χ0) is 10.4. The molecule has 1 aromatic carbocycles. The van der Waals surface area contributed by atoms with E-state index >= 15 is 0 Å². The highest BCUT2D eigenvalue weighted by atomic mass is 19.1. The molecule has 2 N–H and O–H groups in total. The first kappa shape index (κ1) is 11.0. The molecule has 0 bridgehead atoms. The lowest BCUT2D eigenvalue weighted by atomic mass is 10.1. The first-order valence-corrected chi connectivity index (χ1v) is 4.89. The topological polar surface area (TPSA) is 35.2 Å². The molecule has 0 heterocycles. The van der Waals surface area contributed by atoms with Gasteiger partial charge in [-0.2, -0.15) is 0 Å². The Labute approximate surface area is 83.9 Å². The summed E-state index contributed by atoms with van der Waals surface area (Å²) in [5.74, 6) is 0.380. The normalized spacial score (nSPS) is 10.2. The molecule has 1 aromatic rings. The van der Waals surface area contributed by atoms with Gasteiger partial charge >= 0.3 is 0 Å². The molecular weight excluding hydrogens is 181 g/mol. The van der Waals surface area contributed by atoms with Crippen molar-refractivity contribution in [3.8, 4) is 5.75 Å². The maximum Gasteiger partial charge on any atom is 0.126 e. The smallest absolute Gasteiger partial charge is 0.126 e. The summed E-state index contributed by atoms with van der Waals surface area (Å²) in [6.07, 6.45) is 1.64. The number of nitrogens with two attached hydrogens (primary N) is 1. The number of benzene rings is 1. The highest BCUT2D eigenvalue weighted by Crippen LogP contribution is 2.20. The first-order valence-electron chi connectivity index (χ1n) is 4.89. The summed E-state index contributed by atoms with van der Waals surface area (Å²) in [5, 5.41) is 0. The van der Waals surface area contributed by atoms with E-state index in [-0.39, 0.29) is 5.82 Å². The summed E-state index contributed by atoms with van der Waals surface area (Å²) >= 11 is 0. The van der Waals surface area contributed by atoms with E-state index in [0.717, 1.165) is 18.4 Å². The molecule has 0 aliphatic heterocycles. The van der Waals surface area contributed by atoms with Gasteiger partial charge in [0.2, 0.25) is 0 Å². The molecule has 0 saturated heterocycles. The van der Waals surface area contributed by atoms with Gasteiger partial charge in [-0.3, -0.25) is 0 Å². The molecule has 14 heavy (non-hydrogen) atoms. The number of halogens is 1. The highest BCUT2D eigenvalue weighted by molar-refractivity contribution is 5.33. The lowest BCUT2D eigenvalue weighted by Gasteiger charge is -2.09. The average Bonchev–Trinajstić information content (AvgIpc) is 2.19. The SMILES string of the molecule is CCc1ccc(F)cc1OCCCN. The van der Waals surface area contributed by atoms with E-state index < -0.39 is 0 Å². The molecule has 2 nitrogen and oxygen atoms in total. The minimum Gasteiger partial charge on any atom is -0.493 e. The predicted octanol–water partition coefficient (Wildman–Crippen LogP) is 2.12. The van der Waals surface area contributed by atoms with Gasteiger partial charge in [0, 0.05) is 6.07 Å². The molecule has 1 rings (SSSR count). The Hall–Kier alpha value is -1.09. The lowest BCUT2D eigenvalue weighted by molar-refractivity contribution is 0.309. The number of hydrogen-bond acceptors (Lipinski definition) is 2. The Morgan fingerprint density at radius 3 is 2.86 bits per heavy atom. The second-order valence-corrected chi connectivity index (χ2v) is 3.10. The van der Waals surface area contributed by atoms with Crippen LogP contribution in [0.1, 0.15) is 18.9 Å². The van der Waals surface area contributed by atoms with Crippen LogP contribution in [-0.4, -0.2) is 13.2 Å². The largest absolute Gasteiger partial charge is 0.493 e. The van der Waals surface area contributed by atoms with Crippen molar-refractivity contribution in [3.05, 3.63) is 29.6 Å². The summed E-state index contributed by atoms with van der Waals surface area (Å²) < 4.78 is 18.3. The van der Waals surface area contributed by atoms with E-state index in [2.05, 4.69) is 0 Å². The van der Waals surface area contributed by atoms with Crippen molar-refractivity contribution in [1.29, 1.82) is 0 Å². The molecule has 0 atom stereocenters. The molecular formula is C11H16FNO. The van der Waals surface area contributed by atoms with Gasteiger partial charge in [-0.1, -0.05) is 13.0 Å². The zero-order valence-corrected chi connectivity index (χ0v) is 8.42. The fourth-order valence-electron chi connectivity index (χ4n) is 1.22. The van der Waals surface area contributed by atoms with Crippen LogP contribution in [0.5, 0.6) is 5.75 Å². The second kappa shape index (κ2) is 5.60. The van der Waals surface area contributed by atoms with Gasteiger partial charge in [0.1, 0.15) is 11.6 Å². The Kier molecular flexibility index (Phi) is 4.40. The van der Waals surface area contributed by atoms with Gasteiger partial charge in [-0.15, -0.1) is 0 Å². The van der Waals surface area contributed by atoms with Gasteiger partial charge in [0.05, 0.1) is 6.61 Å². The molecule has 0 aliphatic carbocycles. The first-order chi connectivity index (χ1) is 6.77. The van der Waals surface area contributed by atoms with Crippen LogP contribution < -0.4 is 10.5 Å². The highest BCUT2D eigenvalue weighted by Gasteiger charge is 2.03. The van der Waals surface area contributed by atoms with E-state index in [9.17, 15) is 4.39 Å². The summed E-state index contributed by atoms with van der Waals surface area (Å²) in [7, 11) is 0. The minimum atomic E-state index is -0.259. The van der Waals surface area contributed by atoms with Crippen molar-refractivity contribution in [3.63, 3.8) is 0 Å². The maximum absolute atomic E-state index is 12.9. The molecule has 0 unspecified atom stereocenters. The number of hydrogen-bond donors (Lipinski definition) is 1. The number of ether oxygens (including phenoxy) is 1. The van der Waals surface area contributed by atoms with Crippen LogP contribution in [0.3, 0.4) is 0 Å². The fourth-order valence-corrected chi connectivity index (χ4v) is 1.22. The Morgan fingerprint density at radius 2 is 2.21 bits per heavy atom. The molecule has 0 amide bonds. The van der Waals surface area contributed by atoms with Gasteiger partial charge in [0.25, 0.3) is 0 Å². The summed E-state index contributed by atoms with van der Waals surface area (Å²) in [5.41, 5.74) is 6.37. The minimum absolute atomic E-state index is 0.259. The Morgan fingerprint density at radius 1 is 1.43 bits per heavy atom. The molecule has 0 aliphatic rings. The van der Waals surface area contributed by atoms with Crippen LogP contribution in [-0.2, 0) is 6.42 Å². The van der Waals surface area contributed by atoms with Crippen LogP contribution in [0.15, 0.2) is 18.2 Å². The molecule has 0 radical (unpaired) electrons. The maximum atomic E-state index is 12.9. The summed E-state index contributed by atoms with van der Waals surface area (Å²) in [6.45, 7) is 3.16. The van der Waals surface area contributed by atoms with Crippen molar-refractivity contribution in [1.82, 2.24) is 0 Å².